The Morgan fingerprint density at radius 2 is 2.03 bits per heavy atom. The summed E-state index contributed by atoms with van der Waals surface area (Å²) in [6.07, 6.45) is 3.49. The summed E-state index contributed by atoms with van der Waals surface area (Å²) >= 11 is 2.83. The van der Waals surface area contributed by atoms with E-state index in [0.717, 1.165) is 47.6 Å². The van der Waals surface area contributed by atoms with Crippen molar-refractivity contribution in [2.75, 3.05) is 5.32 Å². The molecule has 0 fully saturated rings. The summed E-state index contributed by atoms with van der Waals surface area (Å²) in [6, 6.07) is 10.1. The lowest BCUT2D eigenvalue weighted by atomic mass is 10.1. The second-order valence-corrected chi connectivity index (χ2v) is 9.89. The van der Waals surface area contributed by atoms with Crippen LogP contribution in [0.4, 0.5) is 5.00 Å². The first-order valence-corrected chi connectivity index (χ1v) is 12.0. The number of thioether (sulfide) groups is 1. The minimum Gasteiger partial charge on any atom is -0.365 e. The third-order valence-electron chi connectivity index (χ3n) is 5.37. The number of carbonyl (C=O) groups excluding carboxylic acids is 2. The van der Waals surface area contributed by atoms with Gasteiger partial charge < -0.3 is 15.6 Å². The van der Waals surface area contributed by atoms with Gasteiger partial charge in [-0.15, -0.1) is 21.5 Å². The molecule has 3 N–H and O–H groups in total. The summed E-state index contributed by atoms with van der Waals surface area (Å²) in [6.45, 7) is 4.59. The van der Waals surface area contributed by atoms with E-state index in [1.165, 1.54) is 23.1 Å². The molecule has 2 amide bonds. The van der Waals surface area contributed by atoms with E-state index in [1.807, 2.05) is 36.6 Å². The first-order chi connectivity index (χ1) is 15.0. The molecule has 3 aromatic rings. The number of benzene rings is 1. The Labute approximate surface area is 189 Å². The predicted octanol–water partition coefficient (Wildman–Crippen LogP) is 3.66. The van der Waals surface area contributed by atoms with Gasteiger partial charge in [-0.3, -0.25) is 9.59 Å². The van der Waals surface area contributed by atoms with Gasteiger partial charge >= 0.3 is 0 Å². The Hall–Kier alpha value is -2.65. The average molecular weight is 456 g/mol. The van der Waals surface area contributed by atoms with E-state index < -0.39 is 11.2 Å². The first kappa shape index (κ1) is 21.6. The Kier molecular flexibility index (Phi) is 6.43. The van der Waals surface area contributed by atoms with Gasteiger partial charge in [0.25, 0.3) is 5.91 Å². The molecule has 4 rings (SSSR count). The topological polar surface area (TPSA) is 103 Å². The molecule has 162 valence electrons. The number of rotatable bonds is 8. The Morgan fingerprint density at radius 1 is 1.26 bits per heavy atom. The van der Waals surface area contributed by atoms with Crippen LogP contribution in [0.2, 0.25) is 0 Å². The van der Waals surface area contributed by atoms with Gasteiger partial charge in [-0.1, -0.05) is 42.1 Å². The normalized spacial score (nSPS) is 13.7. The minimum absolute atomic E-state index is 0.178. The van der Waals surface area contributed by atoms with E-state index >= 15 is 0 Å². The maximum absolute atomic E-state index is 12.9. The monoisotopic (exact) mass is 455 g/mol. The molecule has 31 heavy (non-hydrogen) atoms. The molecule has 0 saturated carbocycles. The average Bonchev–Trinajstić information content (AvgIpc) is 3.43. The van der Waals surface area contributed by atoms with E-state index in [-0.39, 0.29) is 5.91 Å². The SMILES string of the molecule is CCn1c(Cc2ccccc2)nnc1SC(C)C(=O)Nc1sc2c(c1C(N)=O)CCC2. The van der Waals surface area contributed by atoms with Crippen LogP contribution in [0.25, 0.3) is 0 Å². The number of hydrogen-bond acceptors (Lipinski definition) is 6. The van der Waals surface area contributed by atoms with Gasteiger partial charge in [0.05, 0.1) is 10.8 Å². The standard InChI is InChI=1S/C22H25N5O2S2/c1-3-27-17(12-14-8-5-4-6-9-14)25-26-22(27)30-13(2)20(29)24-21-18(19(23)28)15-10-7-11-16(15)31-21/h4-6,8-9,13H,3,7,10-12H2,1-2H3,(H2,23,28)(H,24,29). The Bertz CT molecular complexity index is 1110. The zero-order chi connectivity index (χ0) is 22.0. The van der Waals surface area contributed by atoms with Crippen molar-refractivity contribution in [3.63, 3.8) is 0 Å². The van der Waals surface area contributed by atoms with Crippen LogP contribution in [0, 0.1) is 0 Å². The smallest absolute Gasteiger partial charge is 0.251 e. The third-order valence-corrected chi connectivity index (χ3v) is 7.66. The van der Waals surface area contributed by atoms with E-state index in [1.54, 1.807) is 0 Å². The highest BCUT2D eigenvalue weighted by molar-refractivity contribution is 8.00. The van der Waals surface area contributed by atoms with Gasteiger partial charge in [0.1, 0.15) is 10.8 Å². The lowest BCUT2D eigenvalue weighted by Crippen LogP contribution is -2.24. The first-order valence-electron chi connectivity index (χ1n) is 10.4. The van der Waals surface area contributed by atoms with Crippen molar-refractivity contribution in [3.05, 3.63) is 57.7 Å². The number of primary amides is 1. The summed E-state index contributed by atoms with van der Waals surface area (Å²) in [4.78, 5) is 26.0. The zero-order valence-electron chi connectivity index (χ0n) is 17.6. The number of nitrogens with one attached hydrogen (secondary N) is 1. The number of anilines is 1. The predicted molar refractivity (Wildman–Crippen MR) is 124 cm³/mol. The van der Waals surface area contributed by atoms with E-state index in [0.29, 0.717) is 22.1 Å². The fourth-order valence-corrected chi connectivity index (χ4v) is 6.04. The van der Waals surface area contributed by atoms with Crippen LogP contribution in [-0.4, -0.2) is 31.8 Å². The third kappa shape index (κ3) is 4.52. The Balaban J connectivity index is 1.47. The molecule has 9 heteroatoms. The highest BCUT2D eigenvalue weighted by Crippen LogP contribution is 2.39. The summed E-state index contributed by atoms with van der Waals surface area (Å²) in [5, 5.41) is 12.5. The molecule has 1 unspecified atom stereocenters. The highest BCUT2D eigenvalue weighted by Gasteiger charge is 2.28. The number of fused-ring (bicyclic) bond motifs is 1. The maximum Gasteiger partial charge on any atom is 0.251 e. The lowest BCUT2D eigenvalue weighted by Gasteiger charge is -2.13. The van der Waals surface area contributed by atoms with Gasteiger partial charge in [0.15, 0.2) is 5.16 Å². The molecular weight excluding hydrogens is 430 g/mol. The van der Waals surface area contributed by atoms with Crippen molar-refractivity contribution >= 4 is 39.9 Å². The highest BCUT2D eigenvalue weighted by atomic mass is 32.2. The van der Waals surface area contributed by atoms with Crippen molar-refractivity contribution in [1.82, 2.24) is 14.8 Å². The Morgan fingerprint density at radius 3 is 2.74 bits per heavy atom. The fourth-order valence-electron chi connectivity index (χ4n) is 3.81. The summed E-state index contributed by atoms with van der Waals surface area (Å²) in [7, 11) is 0. The number of thiophene rings is 1. The minimum atomic E-state index is -0.480. The molecule has 0 radical (unpaired) electrons. The largest absolute Gasteiger partial charge is 0.365 e. The number of aryl methyl sites for hydroxylation is 1. The number of nitrogens with zero attached hydrogens (tertiary/aromatic N) is 3. The fraction of sp³-hybridized carbons (Fsp3) is 0.364. The number of carbonyl (C=O) groups is 2. The van der Waals surface area contributed by atoms with Crippen LogP contribution in [0.1, 0.15) is 52.5 Å². The van der Waals surface area contributed by atoms with Gasteiger partial charge in [0, 0.05) is 17.8 Å². The van der Waals surface area contributed by atoms with Gasteiger partial charge in [-0.25, -0.2) is 0 Å². The summed E-state index contributed by atoms with van der Waals surface area (Å²) in [5.74, 6) is 0.212. The van der Waals surface area contributed by atoms with E-state index in [2.05, 4.69) is 27.6 Å². The van der Waals surface area contributed by atoms with Crippen molar-refractivity contribution in [2.24, 2.45) is 5.73 Å². The molecule has 1 aliphatic carbocycles. The maximum atomic E-state index is 12.9. The van der Waals surface area contributed by atoms with Crippen LogP contribution in [-0.2, 0) is 30.6 Å². The van der Waals surface area contributed by atoms with Crippen LogP contribution in [0.5, 0.6) is 0 Å². The second kappa shape index (κ2) is 9.23. The quantitative estimate of drug-likeness (QED) is 0.505. The zero-order valence-corrected chi connectivity index (χ0v) is 19.2. The number of amides is 2. The van der Waals surface area contributed by atoms with E-state index in [4.69, 9.17) is 5.73 Å². The molecular formula is C22H25N5O2S2. The van der Waals surface area contributed by atoms with Crippen LogP contribution in [0.3, 0.4) is 0 Å². The molecule has 0 saturated heterocycles. The van der Waals surface area contributed by atoms with Crippen LogP contribution < -0.4 is 11.1 Å². The van der Waals surface area contributed by atoms with Crippen molar-refractivity contribution < 1.29 is 9.59 Å². The van der Waals surface area contributed by atoms with Crippen LogP contribution in [0.15, 0.2) is 35.5 Å². The molecule has 7 nitrogen and oxygen atoms in total. The van der Waals surface area contributed by atoms with Gasteiger partial charge in [0.2, 0.25) is 5.91 Å². The molecule has 2 aromatic heterocycles. The number of nitrogens with two attached hydrogens (primary N) is 1. The molecule has 2 heterocycles. The second-order valence-electron chi connectivity index (χ2n) is 7.48. The van der Waals surface area contributed by atoms with E-state index in [9.17, 15) is 9.59 Å². The van der Waals surface area contributed by atoms with Crippen molar-refractivity contribution in [3.8, 4) is 0 Å². The molecule has 0 bridgehead atoms. The van der Waals surface area contributed by atoms with Gasteiger partial charge in [-0.05, 0) is 44.2 Å². The molecule has 0 aliphatic heterocycles. The summed E-state index contributed by atoms with van der Waals surface area (Å²) < 4.78 is 2.04. The van der Waals surface area contributed by atoms with Crippen molar-refractivity contribution in [1.29, 1.82) is 0 Å². The van der Waals surface area contributed by atoms with Crippen LogP contribution >= 0.6 is 23.1 Å². The lowest BCUT2D eigenvalue weighted by molar-refractivity contribution is -0.115. The molecule has 0 spiro atoms. The van der Waals surface area contributed by atoms with Crippen molar-refractivity contribution in [2.45, 2.75) is 56.5 Å². The molecule has 1 aromatic carbocycles. The molecule has 1 atom stereocenters. The summed E-state index contributed by atoms with van der Waals surface area (Å²) in [5.41, 5.74) is 8.25. The van der Waals surface area contributed by atoms with Gasteiger partial charge in [-0.2, -0.15) is 0 Å². The number of hydrogen-bond donors (Lipinski definition) is 2. The number of aromatic nitrogens is 3. The molecule has 1 aliphatic rings.